The normalized spacial score (nSPS) is 5.60. The third-order valence-electron chi connectivity index (χ3n) is 0.289. The van der Waals surface area contributed by atoms with E-state index in [1.54, 1.807) is 0 Å². The van der Waals surface area contributed by atoms with Gasteiger partial charge in [-0.3, -0.25) is 0 Å². The minimum Gasteiger partial charge on any atom is -0.676 e. The van der Waals surface area contributed by atoms with E-state index in [0.717, 1.165) is 10.7 Å². The molecule has 0 aliphatic carbocycles. The van der Waals surface area contributed by atoms with E-state index in [0.29, 0.717) is 26.2 Å². The molecule has 0 aliphatic heterocycles. The summed E-state index contributed by atoms with van der Waals surface area (Å²) < 4.78 is 0. The van der Waals surface area contributed by atoms with Crippen LogP contribution in [0.2, 0.25) is 0 Å². The second-order valence-corrected chi connectivity index (χ2v) is 1.23. The molecule has 0 heterocycles. The maximum atomic E-state index is 8.00. The van der Waals surface area contributed by atoms with E-state index in [4.69, 9.17) is 43.2 Å². The van der Waals surface area contributed by atoms with Crippen LogP contribution in [0.1, 0.15) is 0 Å². The van der Waals surface area contributed by atoms with E-state index in [-0.39, 0.29) is 16.5 Å². The molecule has 0 aromatic rings. The quantitative estimate of drug-likeness (QED) is 0.413. The number of nitrogens with zero attached hydrogens (tertiary/aromatic N) is 2. The van der Waals surface area contributed by atoms with Gasteiger partial charge in [0.05, 0.1) is 0 Å². The Balaban J connectivity index is -0.0000000293. The second kappa shape index (κ2) is 73.4. The Morgan fingerprint density at radius 2 is 1.00 bits per heavy atom. The zero-order valence-electron chi connectivity index (χ0n) is 7.83. The summed E-state index contributed by atoms with van der Waals surface area (Å²) in [7, 11) is 0. The first-order valence-electron chi connectivity index (χ1n) is 3.25. The Morgan fingerprint density at radius 1 is 0.933 bits per heavy atom. The van der Waals surface area contributed by atoms with Gasteiger partial charge in [0.1, 0.15) is 0 Å². The standard InChI is InChI=1S/2C2H7N2.2HNO2.Ni/c2*3-1-2-4;2*2-1-3;/h2*3H,1-2,4H2;2*(H,2,3);/q2*-1;;;+2/p-2. The molecule has 6 N–H and O–H groups in total. The summed E-state index contributed by atoms with van der Waals surface area (Å²) in [5, 5.41) is 18.0. The van der Waals surface area contributed by atoms with Crippen molar-refractivity contribution in [1.29, 1.82) is 0 Å². The molecule has 0 spiro atoms. The van der Waals surface area contributed by atoms with Gasteiger partial charge in [-0.2, -0.15) is 0 Å². The molecule has 0 amide bonds. The van der Waals surface area contributed by atoms with Gasteiger partial charge in [0.25, 0.3) is 0 Å². The van der Waals surface area contributed by atoms with Crippen molar-refractivity contribution < 1.29 is 16.5 Å². The third kappa shape index (κ3) is 1270. The monoisotopic (exact) mass is 268 g/mol. The van der Waals surface area contributed by atoms with Crippen LogP contribution in [0, 0.1) is 20.2 Å². The first kappa shape index (κ1) is 29.2. The molecule has 0 aromatic carbocycles. The van der Waals surface area contributed by atoms with Crippen LogP contribution in [0.25, 0.3) is 11.5 Å². The Hall–Kier alpha value is -0.866. The molecule has 0 atom stereocenters. The fourth-order valence-corrected chi connectivity index (χ4v) is 0. The fourth-order valence-electron chi connectivity index (χ4n) is 0. The minimum atomic E-state index is 0. The molecule has 96 valence electrons. The number of rotatable bonds is 2. The molecular weight excluding hydrogens is 255 g/mol. The molecule has 0 bridgehead atoms. The van der Waals surface area contributed by atoms with Crippen LogP contribution in [0.15, 0.2) is 10.7 Å². The second-order valence-electron chi connectivity index (χ2n) is 1.23. The van der Waals surface area contributed by atoms with Crippen LogP contribution in [0.5, 0.6) is 0 Å². The first-order valence-corrected chi connectivity index (χ1v) is 3.25. The predicted octanol–water partition coefficient (Wildman–Crippen LogP) is 0.493. The predicted molar refractivity (Wildman–Crippen MR) is 54.8 cm³/mol. The van der Waals surface area contributed by atoms with Gasteiger partial charge in [0.2, 0.25) is 0 Å². The van der Waals surface area contributed by atoms with Crippen LogP contribution >= 0.6 is 0 Å². The van der Waals surface area contributed by atoms with Crippen molar-refractivity contribution in [3.8, 4) is 0 Å². The molecule has 0 saturated heterocycles. The topological polar surface area (TPSA) is 205 Å². The van der Waals surface area contributed by atoms with E-state index in [1.807, 2.05) is 0 Å². The molecular formula is C4H14N6NiO4-2. The molecule has 0 fully saturated rings. The van der Waals surface area contributed by atoms with Crippen molar-refractivity contribution in [2.75, 3.05) is 26.2 Å². The maximum Gasteiger partial charge on any atom is 2.00 e. The number of hydrogen-bond donors (Lipinski definition) is 2. The van der Waals surface area contributed by atoms with E-state index >= 15 is 0 Å². The van der Waals surface area contributed by atoms with Gasteiger partial charge >= 0.3 is 16.5 Å². The van der Waals surface area contributed by atoms with Crippen LogP contribution in [0.4, 0.5) is 0 Å². The molecule has 0 unspecified atom stereocenters. The van der Waals surface area contributed by atoms with Gasteiger partial charge in [-0.1, -0.05) is 0 Å². The van der Waals surface area contributed by atoms with Crippen molar-refractivity contribution in [3.63, 3.8) is 0 Å². The van der Waals surface area contributed by atoms with Crippen LogP contribution in [0.3, 0.4) is 0 Å². The van der Waals surface area contributed by atoms with Crippen LogP contribution in [-0.2, 0) is 16.5 Å². The summed E-state index contributed by atoms with van der Waals surface area (Å²) in [4.78, 5) is 16.0. The molecule has 0 radical (unpaired) electrons. The van der Waals surface area contributed by atoms with Crippen molar-refractivity contribution in [2.24, 2.45) is 22.1 Å². The van der Waals surface area contributed by atoms with Crippen LogP contribution < -0.4 is 11.5 Å². The van der Waals surface area contributed by atoms with Crippen molar-refractivity contribution in [3.05, 3.63) is 31.7 Å². The molecule has 0 saturated carbocycles. The zero-order chi connectivity index (χ0) is 12.2. The van der Waals surface area contributed by atoms with Gasteiger partial charge in [-0.25, -0.2) is 0 Å². The molecule has 0 aliphatic rings. The van der Waals surface area contributed by atoms with Crippen molar-refractivity contribution in [1.82, 2.24) is 0 Å². The fraction of sp³-hybridized carbons (Fsp3) is 1.00. The van der Waals surface area contributed by atoms with E-state index in [1.165, 1.54) is 0 Å². The SMILES string of the molecule is O=N[O-].O=N[O-].[NH-]CCN.[NH-]CCN.[Ni+2]. The van der Waals surface area contributed by atoms with Gasteiger partial charge in [-0.15, -0.1) is 23.8 Å². The van der Waals surface area contributed by atoms with E-state index < -0.39 is 0 Å². The minimum absolute atomic E-state index is 0. The van der Waals surface area contributed by atoms with Gasteiger partial charge < -0.3 is 43.2 Å². The number of hydrogen-bond acceptors (Lipinski definition) is 8. The van der Waals surface area contributed by atoms with Crippen LogP contribution in [-0.4, -0.2) is 26.2 Å². The Morgan fingerprint density at radius 3 is 1.00 bits per heavy atom. The molecule has 15 heavy (non-hydrogen) atoms. The molecule has 11 heteroatoms. The summed E-state index contributed by atoms with van der Waals surface area (Å²) in [6.07, 6.45) is 0. The summed E-state index contributed by atoms with van der Waals surface area (Å²) in [5.41, 5.74) is 22.3. The smallest absolute Gasteiger partial charge is 0.676 e. The molecule has 0 aromatic heterocycles. The Labute approximate surface area is 97.1 Å². The average Bonchev–Trinajstić information content (AvgIpc) is 2.20. The van der Waals surface area contributed by atoms with E-state index in [2.05, 4.69) is 0 Å². The Bertz CT molecular complexity index is 75.5. The van der Waals surface area contributed by atoms with E-state index in [9.17, 15) is 0 Å². The zero-order valence-corrected chi connectivity index (χ0v) is 8.81. The summed E-state index contributed by atoms with van der Waals surface area (Å²) >= 11 is 0. The number of nitrogens with one attached hydrogen (secondary N) is 2. The Kier molecular flexibility index (Phi) is 143. The summed E-state index contributed by atoms with van der Waals surface area (Å²) in [6, 6.07) is 0. The average molecular weight is 269 g/mol. The van der Waals surface area contributed by atoms with Crippen molar-refractivity contribution >= 4 is 0 Å². The number of nitrogens with two attached hydrogens (primary N) is 2. The molecule has 10 nitrogen and oxygen atoms in total. The van der Waals surface area contributed by atoms with Crippen molar-refractivity contribution in [2.45, 2.75) is 0 Å². The van der Waals surface area contributed by atoms with Gasteiger partial charge in [0, 0.05) is 0 Å². The summed E-state index contributed by atoms with van der Waals surface area (Å²) in [6.45, 7) is 1.67. The third-order valence-corrected chi connectivity index (χ3v) is 0.289. The molecule has 0 rings (SSSR count). The first-order chi connectivity index (χ1) is 6.66. The maximum absolute atomic E-state index is 8.00. The van der Waals surface area contributed by atoms with Gasteiger partial charge in [0.15, 0.2) is 0 Å². The summed E-state index contributed by atoms with van der Waals surface area (Å²) in [5.74, 6) is 0. The largest absolute Gasteiger partial charge is 2.00 e. The van der Waals surface area contributed by atoms with Gasteiger partial charge in [-0.05, 0) is 13.1 Å².